The molecule has 0 aromatic rings. The van der Waals surface area contributed by atoms with E-state index in [-0.39, 0.29) is 12.5 Å². The second-order valence-electron chi connectivity index (χ2n) is 25.9. The molecule has 0 spiro atoms. The van der Waals surface area contributed by atoms with Crippen molar-refractivity contribution in [3.8, 4) is 0 Å². The summed E-state index contributed by atoms with van der Waals surface area (Å²) in [5.74, 6) is -0.208. The lowest BCUT2D eigenvalue weighted by Crippen LogP contribution is -2.45. The highest BCUT2D eigenvalue weighted by Gasteiger charge is 2.23. The number of aliphatic hydroxyl groups is 1. The number of unbranched alkanes of at least 4 members (excludes halogenated alkanes) is 42. The quantitative estimate of drug-likeness (QED) is 0.0272. The summed E-state index contributed by atoms with van der Waals surface area (Å²) >= 11 is 0. The average molecular weight is 1210 g/mol. The van der Waals surface area contributed by atoms with Crippen molar-refractivity contribution in [1.29, 1.82) is 0 Å². The lowest BCUT2D eigenvalue weighted by atomic mass is 10.0. The van der Waals surface area contributed by atoms with Crippen molar-refractivity contribution in [3.05, 3.63) is 85.1 Å². The fourth-order valence-corrected chi connectivity index (χ4v) is 11.4. The van der Waals surface area contributed by atoms with Crippen LogP contribution < -0.4 is 10.2 Å². The van der Waals surface area contributed by atoms with Gasteiger partial charge in [-0.2, -0.15) is 0 Å². The van der Waals surface area contributed by atoms with Crippen LogP contribution in [-0.4, -0.2) is 68.5 Å². The van der Waals surface area contributed by atoms with Gasteiger partial charge in [-0.3, -0.25) is 9.36 Å². The number of hydrogen-bond acceptors (Lipinski definition) is 6. The smallest absolute Gasteiger partial charge is 0.268 e. The standard InChI is InChI=1S/C76H141N2O6P/c1-6-8-10-12-14-16-18-20-22-24-26-28-30-32-34-36-38-39-40-42-44-46-48-50-52-54-56-58-60-62-64-66-68-70-76(80)77-74(73-84-85(81,82)83-72-71-78(3,4)5)75(79)69-67-65-63-61-59-57-55-53-51-49-47-45-43-41-37-35-33-31-29-27-25-23-21-19-17-15-13-11-9-7-2/h8,10,14,16,20,22,26,28,51,53,59,61,67,69,74-75,79H,6-7,9,11-13,15,17-19,21,23-25,27,29-50,52,54-58,60,62-66,68,70-73H2,1-5H3,(H-,77,80,81,82)/b10-8-,16-14-,22-20-,28-26-,53-51+,61-59+,69-67+. The van der Waals surface area contributed by atoms with Crippen LogP contribution in [0.25, 0.3) is 0 Å². The predicted octanol–water partition coefficient (Wildman–Crippen LogP) is 22.9. The summed E-state index contributed by atoms with van der Waals surface area (Å²) < 4.78 is 23.5. The first-order valence-corrected chi connectivity index (χ1v) is 37.9. The number of nitrogens with zero attached hydrogens (tertiary/aromatic N) is 1. The highest BCUT2D eigenvalue weighted by atomic mass is 31.2. The van der Waals surface area contributed by atoms with Gasteiger partial charge in [0.05, 0.1) is 39.9 Å². The topological polar surface area (TPSA) is 108 Å². The minimum absolute atomic E-state index is 0.0102. The summed E-state index contributed by atoms with van der Waals surface area (Å²) in [5.41, 5.74) is 0. The summed E-state index contributed by atoms with van der Waals surface area (Å²) in [6.45, 7) is 4.55. The molecular weight excluding hydrogens is 1070 g/mol. The van der Waals surface area contributed by atoms with Crippen LogP contribution in [0.1, 0.15) is 341 Å². The van der Waals surface area contributed by atoms with E-state index < -0.39 is 26.6 Å². The van der Waals surface area contributed by atoms with Crippen molar-refractivity contribution < 1.29 is 32.9 Å². The molecule has 0 saturated carbocycles. The number of carbonyl (C=O) groups excluding carboxylic acids is 1. The van der Waals surface area contributed by atoms with Gasteiger partial charge in [-0.25, -0.2) is 0 Å². The van der Waals surface area contributed by atoms with Crippen LogP contribution in [0.2, 0.25) is 0 Å². The van der Waals surface area contributed by atoms with Crippen LogP contribution in [0.5, 0.6) is 0 Å². The fourth-order valence-electron chi connectivity index (χ4n) is 10.7. The Bertz CT molecular complexity index is 1660. The SMILES string of the molecule is CC/C=C\C/C=C\C/C=C\C/C=C\CCCCCCCCCCCCCCCCCCCCCCC(=O)NC(COP(=O)([O-])OCC[N+](C)(C)C)C(O)/C=C/CC/C=C/CC/C=C/CCCCCCCCCCCCCCCCCCCCCC. The van der Waals surface area contributed by atoms with Gasteiger partial charge >= 0.3 is 0 Å². The van der Waals surface area contributed by atoms with Gasteiger partial charge < -0.3 is 28.8 Å². The molecule has 85 heavy (non-hydrogen) atoms. The number of rotatable bonds is 67. The molecule has 0 aliphatic carbocycles. The molecule has 8 nitrogen and oxygen atoms in total. The monoisotopic (exact) mass is 1210 g/mol. The molecule has 9 heteroatoms. The number of amides is 1. The van der Waals surface area contributed by atoms with Crippen LogP contribution in [0, 0.1) is 0 Å². The van der Waals surface area contributed by atoms with E-state index in [0.717, 1.165) is 70.6 Å². The van der Waals surface area contributed by atoms with E-state index in [1.807, 2.05) is 27.2 Å². The zero-order valence-electron chi connectivity index (χ0n) is 56.8. The molecule has 0 heterocycles. The van der Waals surface area contributed by atoms with Gasteiger partial charge in [-0.1, -0.05) is 336 Å². The van der Waals surface area contributed by atoms with Gasteiger partial charge in [0.2, 0.25) is 5.91 Å². The third kappa shape index (κ3) is 69.0. The average Bonchev–Trinajstić information content (AvgIpc) is 3.49. The summed E-state index contributed by atoms with van der Waals surface area (Å²) in [5, 5.41) is 13.9. The number of allylic oxidation sites excluding steroid dienone is 13. The molecule has 0 saturated heterocycles. The number of phosphoric ester groups is 1. The van der Waals surface area contributed by atoms with Gasteiger partial charge in [-0.05, 0) is 83.5 Å². The highest BCUT2D eigenvalue weighted by Crippen LogP contribution is 2.38. The first kappa shape index (κ1) is 82.7. The molecule has 0 aromatic heterocycles. The van der Waals surface area contributed by atoms with E-state index in [9.17, 15) is 19.4 Å². The molecular formula is C76H141N2O6P. The third-order valence-electron chi connectivity index (χ3n) is 16.3. The minimum atomic E-state index is -4.62. The predicted molar refractivity (Wildman–Crippen MR) is 371 cm³/mol. The number of quaternary nitrogens is 1. The Kier molecular flexibility index (Phi) is 64.3. The van der Waals surface area contributed by atoms with Gasteiger partial charge in [-0.15, -0.1) is 0 Å². The number of aliphatic hydroxyl groups excluding tert-OH is 1. The fraction of sp³-hybridized carbons (Fsp3) is 0.803. The number of hydrogen-bond donors (Lipinski definition) is 2. The van der Waals surface area contributed by atoms with Gasteiger partial charge in [0.15, 0.2) is 0 Å². The lowest BCUT2D eigenvalue weighted by Gasteiger charge is -2.29. The zero-order chi connectivity index (χ0) is 61.9. The Hall–Kier alpha value is -2.32. The minimum Gasteiger partial charge on any atom is -0.756 e. The second kappa shape index (κ2) is 66.1. The molecule has 0 aromatic carbocycles. The second-order valence-corrected chi connectivity index (χ2v) is 27.3. The van der Waals surface area contributed by atoms with Crippen LogP contribution in [0.4, 0.5) is 0 Å². The normalized spacial score (nSPS) is 14.1. The summed E-state index contributed by atoms with van der Waals surface area (Å²) in [6.07, 6.45) is 94.4. The Morgan fingerprint density at radius 3 is 1.09 bits per heavy atom. The molecule has 496 valence electrons. The first-order valence-electron chi connectivity index (χ1n) is 36.4. The summed E-state index contributed by atoms with van der Waals surface area (Å²) in [6, 6.07) is -0.914. The zero-order valence-corrected chi connectivity index (χ0v) is 57.7. The van der Waals surface area contributed by atoms with Crippen LogP contribution in [-0.2, 0) is 18.4 Å². The number of nitrogens with one attached hydrogen (secondary N) is 1. The van der Waals surface area contributed by atoms with Crippen molar-refractivity contribution in [1.82, 2.24) is 5.32 Å². The number of likely N-dealkylation sites (N-methyl/N-ethyl adjacent to an activating group) is 1. The maximum absolute atomic E-state index is 13.0. The molecule has 0 fully saturated rings. The van der Waals surface area contributed by atoms with E-state index >= 15 is 0 Å². The molecule has 0 bridgehead atoms. The molecule has 0 aliphatic heterocycles. The Labute approximate surface area is 528 Å². The molecule has 2 N–H and O–H groups in total. The largest absolute Gasteiger partial charge is 0.756 e. The molecule has 0 aliphatic rings. The molecule has 3 atom stereocenters. The highest BCUT2D eigenvalue weighted by molar-refractivity contribution is 7.45. The van der Waals surface area contributed by atoms with E-state index in [2.05, 4.69) is 92.1 Å². The summed E-state index contributed by atoms with van der Waals surface area (Å²) in [7, 11) is 1.24. The van der Waals surface area contributed by atoms with Gasteiger partial charge in [0, 0.05) is 6.42 Å². The van der Waals surface area contributed by atoms with Crippen molar-refractivity contribution >= 4 is 13.7 Å². The van der Waals surface area contributed by atoms with Crippen LogP contribution >= 0.6 is 7.82 Å². The van der Waals surface area contributed by atoms with Crippen LogP contribution in [0.3, 0.4) is 0 Å². The third-order valence-corrected chi connectivity index (χ3v) is 17.3. The first-order chi connectivity index (χ1) is 41.5. The molecule has 0 radical (unpaired) electrons. The van der Waals surface area contributed by atoms with Gasteiger partial charge in [0.25, 0.3) is 7.82 Å². The molecule has 1 amide bonds. The van der Waals surface area contributed by atoms with E-state index in [0.29, 0.717) is 17.4 Å². The van der Waals surface area contributed by atoms with Crippen molar-refractivity contribution in [3.63, 3.8) is 0 Å². The summed E-state index contributed by atoms with van der Waals surface area (Å²) in [4.78, 5) is 25.6. The lowest BCUT2D eigenvalue weighted by molar-refractivity contribution is -0.870. The van der Waals surface area contributed by atoms with Crippen LogP contribution in [0.15, 0.2) is 85.1 Å². The van der Waals surface area contributed by atoms with Crippen molar-refractivity contribution in [2.24, 2.45) is 0 Å². The number of carbonyl (C=O) groups is 1. The van der Waals surface area contributed by atoms with E-state index in [4.69, 9.17) is 9.05 Å². The van der Waals surface area contributed by atoms with E-state index in [1.54, 1.807) is 6.08 Å². The van der Waals surface area contributed by atoms with Gasteiger partial charge in [0.1, 0.15) is 13.2 Å². The Morgan fingerprint density at radius 1 is 0.424 bits per heavy atom. The van der Waals surface area contributed by atoms with Crippen molar-refractivity contribution in [2.45, 2.75) is 353 Å². The maximum atomic E-state index is 13.0. The molecule has 0 rings (SSSR count). The molecule has 3 unspecified atom stereocenters. The number of phosphoric acid groups is 1. The van der Waals surface area contributed by atoms with E-state index in [1.165, 1.54) is 250 Å². The Balaban J connectivity index is 4.08. The van der Waals surface area contributed by atoms with Crippen molar-refractivity contribution in [2.75, 3.05) is 40.9 Å². The maximum Gasteiger partial charge on any atom is 0.268 e. The Morgan fingerprint density at radius 2 is 0.729 bits per heavy atom.